The van der Waals surface area contributed by atoms with Crippen LogP contribution < -0.4 is 10.2 Å². The standard InChI is InChI=1S/C13H14BrN3O/c1-9-8-16-13(18)12(6-7-15)17(9)11-4-2-10(14)3-5-11/h2-5,9,12H,6,8H2,1H3,(H,16,18). The quantitative estimate of drug-likeness (QED) is 0.910. The predicted octanol–water partition coefficient (Wildman–Crippen LogP) is 2.06. The molecule has 0 aromatic heterocycles. The van der Waals surface area contributed by atoms with E-state index < -0.39 is 6.04 Å². The van der Waals surface area contributed by atoms with Gasteiger partial charge in [0.1, 0.15) is 6.04 Å². The van der Waals surface area contributed by atoms with Crippen molar-refractivity contribution in [3.05, 3.63) is 28.7 Å². The van der Waals surface area contributed by atoms with E-state index in [9.17, 15) is 4.79 Å². The number of nitrogens with one attached hydrogen (secondary N) is 1. The zero-order valence-electron chi connectivity index (χ0n) is 10.1. The second-order valence-corrected chi connectivity index (χ2v) is 5.27. The summed E-state index contributed by atoms with van der Waals surface area (Å²) in [5, 5.41) is 11.7. The summed E-state index contributed by atoms with van der Waals surface area (Å²) in [6.45, 7) is 2.66. The summed E-state index contributed by atoms with van der Waals surface area (Å²) in [4.78, 5) is 13.9. The first kappa shape index (κ1) is 12.9. The zero-order valence-corrected chi connectivity index (χ0v) is 11.6. The van der Waals surface area contributed by atoms with Gasteiger partial charge in [-0.25, -0.2) is 0 Å². The van der Waals surface area contributed by atoms with Gasteiger partial charge in [0.15, 0.2) is 0 Å². The molecule has 1 N–H and O–H groups in total. The fourth-order valence-corrected chi connectivity index (χ4v) is 2.49. The van der Waals surface area contributed by atoms with Crippen molar-refractivity contribution in [1.82, 2.24) is 5.32 Å². The molecule has 1 fully saturated rings. The van der Waals surface area contributed by atoms with Crippen LogP contribution in [-0.4, -0.2) is 24.5 Å². The van der Waals surface area contributed by atoms with E-state index in [2.05, 4.69) is 27.3 Å². The number of halogens is 1. The molecule has 2 rings (SSSR count). The number of amides is 1. The molecular weight excluding hydrogens is 294 g/mol. The van der Waals surface area contributed by atoms with Crippen molar-refractivity contribution < 1.29 is 4.79 Å². The molecule has 0 radical (unpaired) electrons. The van der Waals surface area contributed by atoms with Gasteiger partial charge in [0.2, 0.25) is 5.91 Å². The molecule has 1 aromatic carbocycles. The average Bonchev–Trinajstić information content (AvgIpc) is 2.36. The lowest BCUT2D eigenvalue weighted by Crippen LogP contribution is -2.59. The van der Waals surface area contributed by atoms with E-state index in [0.717, 1.165) is 10.2 Å². The van der Waals surface area contributed by atoms with E-state index in [1.165, 1.54) is 0 Å². The molecule has 0 saturated carbocycles. The third-order valence-electron chi connectivity index (χ3n) is 3.09. The predicted molar refractivity (Wildman–Crippen MR) is 73.1 cm³/mol. The Labute approximate surface area is 115 Å². The largest absolute Gasteiger partial charge is 0.354 e. The van der Waals surface area contributed by atoms with E-state index in [1.54, 1.807) is 0 Å². The van der Waals surface area contributed by atoms with Crippen LogP contribution in [0.2, 0.25) is 0 Å². The summed E-state index contributed by atoms with van der Waals surface area (Å²) < 4.78 is 0.997. The molecule has 1 saturated heterocycles. The second-order valence-electron chi connectivity index (χ2n) is 4.36. The Hall–Kier alpha value is -1.54. The fraction of sp³-hybridized carbons (Fsp3) is 0.385. The van der Waals surface area contributed by atoms with E-state index >= 15 is 0 Å². The highest BCUT2D eigenvalue weighted by atomic mass is 79.9. The maximum Gasteiger partial charge on any atom is 0.243 e. The van der Waals surface area contributed by atoms with Crippen molar-refractivity contribution >= 4 is 27.5 Å². The molecular formula is C13H14BrN3O. The number of carbonyl (C=O) groups is 1. The van der Waals surface area contributed by atoms with Gasteiger partial charge >= 0.3 is 0 Å². The monoisotopic (exact) mass is 307 g/mol. The third kappa shape index (κ3) is 2.49. The highest BCUT2D eigenvalue weighted by Gasteiger charge is 2.33. The van der Waals surface area contributed by atoms with Gasteiger partial charge in [-0.15, -0.1) is 0 Å². The highest BCUT2D eigenvalue weighted by molar-refractivity contribution is 9.10. The molecule has 5 heteroatoms. The van der Waals surface area contributed by atoms with E-state index in [0.29, 0.717) is 6.54 Å². The summed E-state index contributed by atoms with van der Waals surface area (Å²) in [5.41, 5.74) is 0.973. The molecule has 4 nitrogen and oxygen atoms in total. The molecule has 2 unspecified atom stereocenters. The second kappa shape index (κ2) is 5.40. The maximum atomic E-state index is 11.9. The van der Waals surface area contributed by atoms with Crippen molar-refractivity contribution in [2.24, 2.45) is 0 Å². The zero-order chi connectivity index (χ0) is 13.1. The first-order chi connectivity index (χ1) is 8.63. The molecule has 0 spiro atoms. The molecule has 0 bridgehead atoms. The molecule has 1 heterocycles. The fourth-order valence-electron chi connectivity index (χ4n) is 2.22. The van der Waals surface area contributed by atoms with Gasteiger partial charge in [0, 0.05) is 22.7 Å². The average molecular weight is 308 g/mol. The lowest BCUT2D eigenvalue weighted by molar-refractivity contribution is -0.123. The lowest BCUT2D eigenvalue weighted by atomic mass is 10.0. The van der Waals surface area contributed by atoms with Crippen LogP contribution in [-0.2, 0) is 4.79 Å². The van der Waals surface area contributed by atoms with Gasteiger partial charge < -0.3 is 10.2 Å². The number of piperazine rings is 1. The minimum atomic E-state index is -0.403. The van der Waals surface area contributed by atoms with Crippen molar-refractivity contribution in [1.29, 1.82) is 5.26 Å². The Kier molecular flexibility index (Phi) is 3.87. The molecule has 94 valence electrons. The minimum absolute atomic E-state index is 0.0717. The van der Waals surface area contributed by atoms with Gasteiger partial charge in [-0.05, 0) is 31.2 Å². The number of carbonyl (C=O) groups excluding carboxylic acids is 1. The van der Waals surface area contributed by atoms with Crippen LogP contribution in [0.3, 0.4) is 0 Å². The van der Waals surface area contributed by atoms with Gasteiger partial charge in [-0.3, -0.25) is 4.79 Å². The molecule has 0 aliphatic carbocycles. The Bertz CT molecular complexity index is 480. The molecule has 1 aliphatic rings. The van der Waals surface area contributed by atoms with E-state index in [4.69, 9.17) is 5.26 Å². The number of anilines is 1. The van der Waals surface area contributed by atoms with Gasteiger partial charge in [0.05, 0.1) is 12.5 Å². The van der Waals surface area contributed by atoms with Crippen LogP contribution in [0.5, 0.6) is 0 Å². The van der Waals surface area contributed by atoms with E-state index in [1.807, 2.05) is 36.1 Å². The molecule has 2 atom stereocenters. The Morgan fingerprint density at radius 2 is 2.17 bits per heavy atom. The van der Waals surface area contributed by atoms with Crippen molar-refractivity contribution in [2.75, 3.05) is 11.4 Å². The van der Waals surface area contributed by atoms with Crippen molar-refractivity contribution in [2.45, 2.75) is 25.4 Å². The van der Waals surface area contributed by atoms with Crippen molar-refractivity contribution in [3.8, 4) is 6.07 Å². The van der Waals surface area contributed by atoms with Crippen LogP contribution in [0.4, 0.5) is 5.69 Å². The Morgan fingerprint density at radius 1 is 1.50 bits per heavy atom. The van der Waals surface area contributed by atoms with Crippen molar-refractivity contribution in [3.63, 3.8) is 0 Å². The number of hydrogen-bond donors (Lipinski definition) is 1. The summed E-state index contributed by atoms with van der Waals surface area (Å²) in [6, 6.07) is 9.68. The first-order valence-corrected chi connectivity index (χ1v) is 6.61. The third-order valence-corrected chi connectivity index (χ3v) is 3.62. The lowest BCUT2D eigenvalue weighted by Gasteiger charge is -2.40. The summed E-state index contributed by atoms with van der Waals surface area (Å²) in [5.74, 6) is -0.0717. The van der Waals surface area contributed by atoms with Crippen LogP contribution >= 0.6 is 15.9 Å². The molecule has 1 aliphatic heterocycles. The normalized spacial score (nSPS) is 23.4. The first-order valence-electron chi connectivity index (χ1n) is 5.82. The molecule has 1 aromatic rings. The van der Waals surface area contributed by atoms with Crippen LogP contribution in [0.1, 0.15) is 13.3 Å². The summed E-state index contributed by atoms with van der Waals surface area (Å²) >= 11 is 3.39. The number of benzene rings is 1. The SMILES string of the molecule is CC1CNC(=O)C(CC#N)N1c1ccc(Br)cc1. The van der Waals surface area contributed by atoms with Gasteiger partial charge in [0.25, 0.3) is 0 Å². The minimum Gasteiger partial charge on any atom is -0.354 e. The molecule has 1 amide bonds. The number of nitrogens with zero attached hydrogens (tertiary/aromatic N) is 2. The van der Waals surface area contributed by atoms with Crippen LogP contribution in [0.25, 0.3) is 0 Å². The highest BCUT2D eigenvalue weighted by Crippen LogP contribution is 2.25. The molecule has 18 heavy (non-hydrogen) atoms. The Morgan fingerprint density at radius 3 is 2.78 bits per heavy atom. The topological polar surface area (TPSA) is 56.1 Å². The number of hydrogen-bond acceptors (Lipinski definition) is 3. The maximum absolute atomic E-state index is 11.9. The van der Waals surface area contributed by atoms with Gasteiger partial charge in [-0.2, -0.15) is 5.26 Å². The van der Waals surface area contributed by atoms with Crippen LogP contribution in [0, 0.1) is 11.3 Å². The van der Waals surface area contributed by atoms with E-state index in [-0.39, 0.29) is 18.4 Å². The number of nitriles is 1. The number of rotatable bonds is 2. The summed E-state index contributed by atoms with van der Waals surface area (Å²) in [6.07, 6.45) is 0.201. The smallest absolute Gasteiger partial charge is 0.243 e. The summed E-state index contributed by atoms with van der Waals surface area (Å²) in [7, 11) is 0. The Balaban J connectivity index is 2.33. The van der Waals surface area contributed by atoms with Crippen LogP contribution in [0.15, 0.2) is 28.7 Å². The van der Waals surface area contributed by atoms with Gasteiger partial charge in [-0.1, -0.05) is 15.9 Å².